The molecule has 0 saturated carbocycles. The quantitative estimate of drug-likeness (QED) is 0.461. The van der Waals surface area contributed by atoms with E-state index < -0.39 is 34.6 Å². The fraction of sp³-hybridized carbons (Fsp3) is 0.125. The zero-order valence-electron chi connectivity index (χ0n) is 11.0. The molecule has 2 aromatic carbocycles. The second-order valence-corrected chi connectivity index (χ2v) is 4.01. The Kier molecular flexibility index (Phi) is 4.49. The van der Waals surface area contributed by atoms with E-state index in [2.05, 4.69) is 16.6 Å². The van der Waals surface area contributed by atoms with Crippen LogP contribution in [0.3, 0.4) is 0 Å². The first kappa shape index (κ1) is 14.9. The van der Waals surface area contributed by atoms with E-state index in [1.807, 2.05) is 0 Å². The van der Waals surface area contributed by atoms with Crippen molar-refractivity contribution < 1.29 is 22.3 Å². The SMILES string of the molecule is CCOc1c(F)c(F)c(C#Cc2ccccc2)c(F)c1F. The van der Waals surface area contributed by atoms with E-state index in [1.54, 1.807) is 30.3 Å². The van der Waals surface area contributed by atoms with Crippen molar-refractivity contribution in [3.63, 3.8) is 0 Å². The average Bonchev–Trinajstić information content (AvgIpc) is 2.51. The summed E-state index contributed by atoms with van der Waals surface area (Å²) in [4.78, 5) is 0. The standard InChI is InChI=1S/C16H10F4O/c1-2-21-16-14(19)12(17)11(13(18)15(16)20)9-8-10-6-4-3-5-7-10/h3-7H,2H2,1H3. The molecule has 0 aliphatic heterocycles. The van der Waals surface area contributed by atoms with Crippen molar-refractivity contribution in [2.45, 2.75) is 6.92 Å². The van der Waals surface area contributed by atoms with Gasteiger partial charge in [-0.3, -0.25) is 0 Å². The van der Waals surface area contributed by atoms with Gasteiger partial charge in [0.25, 0.3) is 0 Å². The summed E-state index contributed by atoms with van der Waals surface area (Å²) < 4.78 is 59.4. The third-order valence-electron chi connectivity index (χ3n) is 2.62. The largest absolute Gasteiger partial charge is 0.488 e. The van der Waals surface area contributed by atoms with Gasteiger partial charge in [-0.1, -0.05) is 30.0 Å². The van der Waals surface area contributed by atoms with E-state index in [0.717, 1.165) is 0 Å². The van der Waals surface area contributed by atoms with Gasteiger partial charge in [-0.25, -0.2) is 8.78 Å². The Hall–Kier alpha value is -2.48. The minimum Gasteiger partial charge on any atom is -0.488 e. The lowest BCUT2D eigenvalue weighted by Gasteiger charge is -2.09. The van der Waals surface area contributed by atoms with Crippen molar-refractivity contribution in [2.24, 2.45) is 0 Å². The van der Waals surface area contributed by atoms with Gasteiger partial charge in [-0.2, -0.15) is 8.78 Å². The molecule has 2 rings (SSSR count). The summed E-state index contributed by atoms with van der Waals surface area (Å²) in [6, 6.07) is 8.29. The molecule has 0 fully saturated rings. The third kappa shape index (κ3) is 3.00. The van der Waals surface area contributed by atoms with E-state index in [1.165, 1.54) is 6.92 Å². The summed E-state index contributed by atoms with van der Waals surface area (Å²) in [6.07, 6.45) is 0. The highest BCUT2D eigenvalue weighted by atomic mass is 19.2. The first-order chi connectivity index (χ1) is 10.1. The van der Waals surface area contributed by atoms with Crippen molar-refractivity contribution in [1.29, 1.82) is 0 Å². The van der Waals surface area contributed by atoms with Crippen molar-refractivity contribution in [3.05, 3.63) is 64.7 Å². The van der Waals surface area contributed by atoms with E-state index >= 15 is 0 Å². The van der Waals surface area contributed by atoms with Crippen LogP contribution in [0.15, 0.2) is 30.3 Å². The summed E-state index contributed by atoms with van der Waals surface area (Å²) in [5, 5.41) is 0. The molecule has 0 atom stereocenters. The first-order valence-electron chi connectivity index (χ1n) is 6.12. The summed E-state index contributed by atoms with van der Waals surface area (Å²) >= 11 is 0. The van der Waals surface area contributed by atoms with E-state index in [9.17, 15) is 17.6 Å². The molecule has 0 aliphatic rings. The van der Waals surface area contributed by atoms with Crippen LogP contribution in [0.25, 0.3) is 0 Å². The molecule has 2 aromatic rings. The number of benzene rings is 2. The van der Waals surface area contributed by atoms with E-state index in [0.29, 0.717) is 5.56 Å². The van der Waals surface area contributed by atoms with Crippen LogP contribution in [0, 0.1) is 35.1 Å². The zero-order valence-corrected chi connectivity index (χ0v) is 11.0. The predicted octanol–water partition coefficient (Wildman–Crippen LogP) is 4.04. The zero-order chi connectivity index (χ0) is 15.4. The number of ether oxygens (including phenoxy) is 1. The summed E-state index contributed by atoms with van der Waals surface area (Å²) in [5.41, 5.74) is -0.497. The summed E-state index contributed by atoms with van der Waals surface area (Å²) in [5.74, 6) is -2.83. The molecule has 5 heteroatoms. The Morgan fingerprint density at radius 1 is 0.857 bits per heavy atom. The van der Waals surface area contributed by atoms with Crippen LogP contribution in [0.2, 0.25) is 0 Å². The van der Waals surface area contributed by atoms with Crippen LogP contribution in [-0.4, -0.2) is 6.61 Å². The van der Waals surface area contributed by atoms with E-state index in [-0.39, 0.29) is 6.61 Å². The average molecular weight is 294 g/mol. The van der Waals surface area contributed by atoms with Gasteiger partial charge in [0.15, 0.2) is 17.4 Å². The normalized spacial score (nSPS) is 9.95. The lowest BCUT2D eigenvalue weighted by molar-refractivity contribution is 0.286. The molecule has 0 spiro atoms. The lowest BCUT2D eigenvalue weighted by atomic mass is 10.1. The molecule has 1 nitrogen and oxygen atoms in total. The molecule has 0 saturated heterocycles. The molecular weight excluding hydrogens is 284 g/mol. The van der Waals surface area contributed by atoms with Gasteiger partial charge in [-0.05, 0) is 19.1 Å². The second kappa shape index (κ2) is 6.31. The lowest BCUT2D eigenvalue weighted by Crippen LogP contribution is -2.06. The van der Waals surface area contributed by atoms with Crippen LogP contribution in [0.5, 0.6) is 5.75 Å². The first-order valence-corrected chi connectivity index (χ1v) is 6.12. The Morgan fingerprint density at radius 2 is 1.43 bits per heavy atom. The molecule has 21 heavy (non-hydrogen) atoms. The van der Waals surface area contributed by atoms with Crippen LogP contribution >= 0.6 is 0 Å². The van der Waals surface area contributed by atoms with Crippen LogP contribution in [0.4, 0.5) is 17.6 Å². The Bertz CT molecular complexity index is 686. The van der Waals surface area contributed by atoms with Gasteiger partial charge < -0.3 is 4.74 Å². The Labute approximate surface area is 119 Å². The third-order valence-corrected chi connectivity index (χ3v) is 2.62. The number of hydrogen-bond donors (Lipinski definition) is 0. The fourth-order valence-electron chi connectivity index (χ4n) is 1.65. The number of rotatable bonds is 2. The Balaban J connectivity index is 2.54. The molecular formula is C16H10F4O. The van der Waals surface area contributed by atoms with Gasteiger partial charge in [0, 0.05) is 5.56 Å². The van der Waals surface area contributed by atoms with Gasteiger partial charge in [-0.15, -0.1) is 0 Å². The molecule has 0 bridgehead atoms. The fourth-order valence-corrected chi connectivity index (χ4v) is 1.65. The maximum atomic E-state index is 13.8. The van der Waals surface area contributed by atoms with Crippen molar-refractivity contribution in [2.75, 3.05) is 6.61 Å². The monoisotopic (exact) mass is 294 g/mol. The second-order valence-electron chi connectivity index (χ2n) is 4.01. The topological polar surface area (TPSA) is 9.23 Å². The highest BCUT2D eigenvalue weighted by molar-refractivity contribution is 5.47. The highest BCUT2D eigenvalue weighted by Gasteiger charge is 2.25. The molecule has 0 radical (unpaired) electrons. The minimum atomic E-state index is -1.59. The number of hydrogen-bond acceptors (Lipinski definition) is 1. The maximum Gasteiger partial charge on any atom is 0.205 e. The molecule has 0 amide bonds. The van der Waals surface area contributed by atoms with E-state index in [4.69, 9.17) is 0 Å². The summed E-state index contributed by atoms with van der Waals surface area (Å²) in [7, 11) is 0. The number of halogens is 4. The molecule has 0 N–H and O–H groups in total. The van der Waals surface area contributed by atoms with Crippen molar-refractivity contribution in [1.82, 2.24) is 0 Å². The Morgan fingerprint density at radius 3 is 1.95 bits per heavy atom. The van der Waals surface area contributed by atoms with Gasteiger partial charge in [0.1, 0.15) is 5.56 Å². The van der Waals surface area contributed by atoms with Crippen molar-refractivity contribution >= 4 is 0 Å². The summed E-state index contributed by atoms with van der Waals surface area (Å²) in [6.45, 7) is 1.32. The maximum absolute atomic E-state index is 13.8. The molecule has 0 unspecified atom stereocenters. The smallest absolute Gasteiger partial charge is 0.205 e. The van der Waals surface area contributed by atoms with Crippen molar-refractivity contribution in [3.8, 4) is 17.6 Å². The van der Waals surface area contributed by atoms with Crippen LogP contribution in [-0.2, 0) is 0 Å². The van der Waals surface area contributed by atoms with Crippen LogP contribution in [0.1, 0.15) is 18.1 Å². The van der Waals surface area contributed by atoms with Gasteiger partial charge in [0.05, 0.1) is 6.61 Å². The van der Waals surface area contributed by atoms with Gasteiger partial charge in [0.2, 0.25) is 11.6 Å². The minimum absolute atomic E-state index is 0.123. The highest BCUT2D eigenvalue weighted by Crippen LogP contribution is 2.29. The molecule has 108 valence electrons. The molecule has 0 heterocycles. The van der Waals surface area contributed by atoms with Gasteiger partial charge >= 0.3 is 0 Å². The predicted molar refractivity (Wildman–Crippen MR) is 69.9 cm³/mol. The molecule has 0 aliphatic carbocycles. The molecule has 0 aromatic heterocycles. The van der Waals surface area contributed by atoms with Crippen LogP contribution < -0.4 is 4.74 Å².